The number of rotatable bonds is 0. The Morgan fingerprint density at radius 1 is 1.20 bits per heavy atom. The minimum atomic E-state index is -4.64. The first-order valence-electron chi connectivity index (χ1n) is 3.54. The van der Waals surface area contributed by atoms with Crippen molar-refractivity contribution in [1.29, 1.82) is 0 Å². The van der Waals surface area contributed by atoms with Gasteiger partial charge in [-0.15, -0.1) is 5.10 Å². The molecule has 15 heavy (non-hydrogen) atoms. The van der Waals surface area contributed by atoms with Gasteiger partial charge >= 0.3 is 6.18 Å². The first kappa shape index (κ1) is 10.4. The van der Waals surface area contributed by atoms with Crippen molar-refractivity contribution < 1.29 is 13.2 Å². The number of halogens is 5. The molecule has 0 fully saturated rings. The molecule has 0 amide bonds. The van der Waals surface area contributed by atoms with Gasteiger partial charge in [0.2, 0.25) is 0 Å². The summed E-state index contributed by atoms with van der Waals surface area (Å²) < 4.78 is 37.4. The predicted molar refractivity (Wildman–Crippen MR) is 45.8 cm³/mol. The van der Waals surface area contributed by atoms with Crippen LogP contribution in [0, 0.1) is 0 Å². The van der Waals surface area contributed by atoms with E-state index in [9.17, 15) is 13.2 Å². The van der Waals surface area contributed by atoms with Gasteiger partial charge in [-0.25, -0.2) is 0 Å². The maximum atomic E-state index is 12.2. The minimum absolute atomic E-state index is 0.0476. The van der Waals surface area contributed by atoms with Crippen LogP contribution in [0.25, 0.3) is 5.78 Å². The van der Waals surface area contributed by atoms with E-state index in [4.69, 9.17) is 23.2 Å². The van der Waals surface area contributed by atoms with Crippen LogP contribution in [0.3, 0.4) is 0 Å². The summed E-state index contributed by atoms with van der Waals surface area (Å²) in [5, 5.41) is 3.01. The molecule has 0 N–H and O–H groups in total. The van der Waals surface area contributed by atoms with E-state index in [0.29, 0.717) is 0 Å². The first-order chi connectivity index (χ1) is 6.88. The second kappa shape index (κ2) is 3.21. The number of nitrogens with zero attached hydrogens (tertiary/aromatic N) is 4. The van der Waals surface area contributed by atoms with Crippen LogP contribution in [-0.4, -0.2) is 19.6 Å². The number of hydrogen-bond donors (Lipinski definition) is 0. The molecule has 2 aromatic rings. The fraction of sp³-hybridized carbons (Fsp3) is 0.167. The molecule has 0 aromatic carbocycles. The Labute approximate surface area is 90.6 Å². The SMILES string of the molecule is FC(F)(F)c1nc2nc(Cl)cc(Cl)n2n1. The van der Waals surface area contributed by atoms with Crippen LogP contribution in [0.4, 0.5) is 13.2 Å². The van der Waals surface area contributed by atoms with Crippen LogP contribution in [0.5, 0.6) is 0 Å². The highest BCUT2D eigenvalue weighted by Gasteiger charge is 2.36. The average molecular weight is 257 g/mol. The topological polar surface area (TPSA) is 43.1 Å². The van der Waals surface area contributed by atoms with Crippen molar-refractivity contribution in [2.24, 2.45) is 0 Å². The highest BCUT2D eigenvalue weighted by molar-refractivity contribution is 6.33. The highest BCUT2D eigenvalue weighted by Crippen LogP contribution is 2.27. The van der Waals surface area contributed by atoms with Crippen molar-refractivity contribution in [3.8, 4) is 0 Å². The molecule has 0 radical (unpaired) electrons. The van der Waals surface area contributed by atoms with Crippen molar-refractivity contribution >= 4 is 29.0 Å². The molecule has 2 heterocycles. The summed E-state index contributed by atoms with van der Waals surface area (Å²) in [4.78, 5) is 6.69. The van der Waals surface area contributed by atoms with Crippen LogP contribution in [-0.2, 0) is 6.18 Å². The van der Waals surface area contributed by atoms with Gasteiger partial charge in [0, 0.05) is 6.07 Å². The summed E-state index contributed by atoms with van der Waals surface area (Å²) in [6.07, 6.45) is -4.64. The lowest BCUT2D eigenvalue weighted by molar-refractivity contribution is -0.144. The van der Waals surface area contributed by atoms with E-state index in [0.717, 1.165) is 4.52 Å². The summed E-state index contributed by atoms with van der Waals surface area (Å²) in [7, 11) is 0. The number of aromatic nitrogens is 4. The van der Waals surface area contributed by atoms with Gasteiger partial charge in [0.1, 0.15) is 10.3 Å². The van der Waals surface area contributed by atoms with Crippen molar-refractivity contribution in [2.75, 3.05) is 0 Å². The Bertz CT molecular complexity index is 521. The van der Waals surface area contributed by atoms with Crippen LogP contribution < -0.4 is 0 Å². The molecule has 0 aliphatic rings. The Kier molecular flexibility index (Phi) is 2.23. The zero-order valence-electron chi connectivity index (χ0n) is 6.76. The maximum Gasteiger partial charge on any atom is 0.453 e. The smallest absolute Gasteiger partial charge is 0.199 e. The van der Waals surface area contributed by atoms with Crippen LogP contribution in [0.2, 0.25) is 10.3 Å². The quantitative estimate of drug-likeness (QED) is 0.681. The molecule has 0 unspecified atom stereocenters. The van der Waals surface area contributed by atoms with E-state index in [1.165, 1.54) is 6.07 Å². The van der Waals surface area contributed by atoms with Crippen molar-refractivity contribution in [2.45, 2.75) is 6.18 Å². The zero-order valence-corrected chi connectivity index (χ0v) is 8.27. The highest BCUT2D eigenvalue weighted by atomic mass is 35.5. The lowest BCUT2D eigenvalue weighted by Gasteiger charge is -1.97. The van der Waals surface area contributed by atoms with Crippen LogP contribution >= 0.6 is 23.2 Å². The van der Waals surface area contributed by atoms with Gasteiger partial charge in [0.05, 0.1) is 0 Å². The summed E-state index contributed by atoms with van der Waals surface area (Å²) in [5.74, 6) is -1.60. The fourth-order valence-corrected chi connectivity index (χ4v) is 1.38. The standard InChI is InChI=1S/C6HCl2F3N4/c7-2-1-3(8)15-5(12-2)13-4(14-15)6(9,10)11/h1H. The van der Waals surface area contributed by atoms with E-state index < -0.39 is 12.0 Å². The van der Waals surface area contributed by atoms with E-state index >= 15 is 0 Å². The number of fused-ring (bicyclic) bond motifs is 1. The molecule has 0 bridgehead atoms. The van der Waals surface area contributed by atoms with E-state index in [1.807, 2.05) is 0 Å². The molecule has 4 nitrogen and oxygen atoms in total. The van der Waals surface area contributed by atoms with E-state index in [2.05, 4.69) is 15.1 Å². The Balaban J connectivity index is 2.71. The normalized spacial score (nSPS) is 12.3. The first-order valence-corrected chi connectivity index (χ1v) is 4.29. The third-order valence-corrected chi connectivity index (χ3v) is 1.95. The predicted octanol–water partition coefficient (Wildman–Crippen LogP) is 2.45. The third-order valence-electron chi connectivity index (χ3n) is 1.49. The van der Waals surface area contributed by atoms with Gasteiger partial charge in [-0.05, 0) is 0 Å². The molecular formula is C6HCl2F3N4. The summed E-state index contributed by atoms with van der Waals surface area (Å²) in [5.41, 5.74) is 0. The average Bonchev–Trinajstić information content (AvgIpc) is 2.46. The fourth-order valence-electron chi connectivity index (χ4n) is 0.927. The Morgan fingerprint density at radius 2 is 1.87 bits per heavy atom. The molecule has 9 heteroatoms. The van der Waals surface area contributed by atoms with Crippen molar-refractivity contribution in [3.63, 3.8) is 0 Å². The monoisotopic (exact) mass is 256 g/mol. The summed E-state index contributed by atoms with van der Waals surface area (Å²) >= 11 is 11.1. The van der Waals surface area contributed by atoms with Gasteiger partial charge in [0.15, 0.2) is 0 Å². The zero-order chi connectivity index (χ0) is 11.2. The molecular weight excluding hydrogens is 256 g/mol. The largest absolute Gasteiger partial charge is 0.453 e. The minimum Gasteiger partial charge on any atom is -0.199 e. The van der Waals surface area contributed by atoms with E-state index in [1.54, 1.807) is 0 Å². The molecule has 0 atom stereocenters. The number of alkyl halides is 3. The molecule has 0 aliphatic carbocycles. The summed E-state index contributed by atoms with van der Waals surface area (Å²) in [6, 6.07) is 1.17. The van der Waals surface area contributed by atoms with Crippen LogP contribution in [0.1, 0.15) is 5.82 Å². The van der Waals surface area contributed by atoms with Crippen molar-refractivity contribution in [1.82, 2.24) is 19.6 Å². The van der Waals surface area contributed by atoms with Gasteiger partial charge in [-0.3, -0.25) is 0 Å². The van der Waals surface area contributed by atoms with Gasteiger partial charge in [-0.1, -0.05) is 23.2 Å². The molecule has 80 valence electrons. The summed E-state index contributed by atoms with van der Waals surface area (Å²) in [6.45, 7) is 0. The lowest BCUT2D eigenvalue weighted by atomic mass is 10.6. The molecule has 0 spiro atoms. The second-order valence-corrected chi connectivity index (χ2v) is 3.32. The van der Waals surface area contributed by atoms with Crippen LogP contribution in [0.15, 0.2) is 6.07 Å². The van der Waals surface area contributed by atoms with Gasteiger partial charge < -0.3 is 0 Å². The lowest BCUT2D eigenvalue weighted by Crippen LogP contribution is -2.07. The maximum absolute atomic E-state index is 12.2. The Hall–Kier alpha value is -1.08. The Morgan fingerprint density at radius 3 is 2.47 bits per heavy atom. The second-order valence-electron chi connectivity index (χ2n) is 2.55. The molecule has 0 saturated carbocycles. The molecule has 0 aliphatic heterocycles. The molecule has 2 aromatic heterocycles. The van der Waals surface area contributed by atoms with Crippen molar-refractivity contribution in [3.05, 3.63) is 22.2 Å². The van der Waals surface area contributed by atoms with Gasteiger partial charge in [-0.2, -0.15) is 27.7 Å². The number of hydrogen-bond acceptors (Lipinski definition) is 3. The third kappa shape index (κ3) is 1.84. The van der Waals surface area contributed by atoms with Gasteiger partial charge in [0.25, 0.3) is 11.6 Å². The molecule has 0 saturated heterocycles. The van der Waals surface area contributed by atoms with E-state index in [-0.39, 0.29) is 16.1 Å². The molecule has 2 rings (SSSR count).